The molecule has 2 N–H and O–H groups in total. The summed E-state index contributed by atoms with van der Waals surface area (Å²) in [6, 6.07) is 2.03. The number of hydrogen-bond acceptors (Lipinski definition) is 10. The van der Waals surface area contributed by atoms with Gasteiger partial charge in [-0.1, -0.05) is 0 Å². The Morgan fingerprint density at radius 2 is 2.03 bits per heavy atom. The van der Waals surface area contributed by atoms with Crippen molar-refractivity contribution in [3.05, 3.63) is 12.2 Å². The highest BCUT2D eigenvalue weighted by Gasteiger charge is 2.57. The average molecular weight is 440 g/mol. The van der Waals surface area contributed by atoms with Crippen LogP contribution in [-0.2, 0) is 23.3 Å². The molecule has 14 heteroatoms. The minimum Gasteiger partial charge on any atom is -0.361 e. The van der Waals surface area contributed by atoms with E-state index in [-0.39, 0.29) is 5.82 Å². The van der Waals surface area contributed by atoms with Crippen LogP contribution in [0, 0.1) is 11.3 Å². The minimum atomic E-state index is -4.71. The van der Waals surface area contributed by atoms with Crippen molar-refractivity contribution in [2.75, 3.05) is 25.6 Å². The van der Waals surface area contributed by atoms with E-state index in [2.05, 4.69) is 19.5 Å². The smallest absolute Gasteiger partial charge is 0.361 e. The second-order valence-corrected chi connectivity index (χ2v) is 8.84. The van der Waals surface area contributed by atoms with Gasteiger partial charge in [0.15, 0.2) is 29.0 Å². The fraction of sp³-hybridized carbons (Fsp3) is 0.625. The van der Waals surface area contributed by atoms with E-state index in [1.54, 1.807) is 32.8 Å². The summed E-state index contributed by atoms with van der Waals surface area (Å²) in [6.45, 7) is 3.01. The Kier molecular flexibility index (Phi) is 5.06. The molecule has 2 aliphatic heterocycles. The molecule has 4 atom stereocenters. The summed E-state index contributed by atoms with van der Waals surface area (Å²) in [4.78, 5) is 32.7. The highest BCUT2D eigenvalue weighted by Crippen LogP contribution is 2.46. The number of ether oxygens (including phenoxy) is 3. The molecule has 30 heavy (non-hydrogen) atoms. The molecule has 13 nitrogen and oxygen atoms in total. The lowest BCUT2D eigenvalue weighted by Gasteiger charge is -2.25. The summed E-state index contributed by atoms with van der Waals surface area (Å²) in [5.41, 5.74) is 0.770. The van der Waals surface area contributed by atoms with Gasteiger partial charge in [0.2, 0.25) is 5.82 Å². The predicted molar refractivity (Wildman–Crippen MR) is 100 cm³/mol. The normalized spacial score (nSPS) is 27.9. The molecule has 4 rings (SSSR count). The number of fused-ring (bicyclic) bond motifs is 2. The van der Waals surface area contributed by atoms with Gasteiger partial charge in [-0.2, -0.15) is 5.26 Å². The maximum absolute atomic E-state index is 11.2. The molecule has 0 aromatic carbocycles. The lowest BCUT2D eigenvalue weighted by Crippen LogP contribution is -2.32. The fourth-order valence-electron chi connectivity index (χ4n) is 3.72. The molecule has 0 amide bonds. The van der Waals surface area contributed by atoms with Gasteiger partial charge < -0.3 is 28.9 Å². The molecule has 162 valence electrons. The van der Waals surface area contributed by atoms with Gasteiger partial charge in [0, 0.05) is 14.1 Å². The molecule has 2 saturated heterocycles. The molecule has 2 fully saturated rings. The van der Waals surface area contributed by atoms with Crippen LogP contribution in [0.25, 0.3) is 11.2 Å². The highest BCUT2D eigenvalue weighted by molar-refractivity contribution is 7.46. The van der Waals surface area contributed by atoms with Crippen molar-refractivity contribution in [2.45, 2.75) is 44.2 Å². The molecule has 0 radical (unpaired) electrons. The third-order valence-electron chi connectivity index (χ3n) is 4.77. The number of hydrogen-bond donors (Lipinski definition) is 2. The summed E-state index contributed by atoms with van der Waals surface area (Å²) in [7, 11) is -1.13. The second kappa shape index (κ2) is 7.21. The highest BCUT2D eigenvalue weighted by atomic mass is 31.2. The van der Waals surface area contributed by atoms with E-state index in [4.69, 9.17) is 24.0 Å². The third kappa shape index (κ3) is 3.67. The molecule has 2 aromatic heterocycles. The third-order valence-corrected chi connectivity index (χ3v) is 5.25. The van der Waals surface area contributed by atoms with Crippen molar-refractivity contribution in [1.29, 1.82) is 5.26 Å². The number of anilines is 1. The summed E-state index contributed by atoms with van der Waals surface area (Å²) in [6.07, 6.45) is -1.75. The first-order valence-corrected chi connectivity index (χ1v) is 10.6. The van der Waals surface area contributed by atoms with E-state index < -0.39 is 44.8 Å². The van der Waals surface area contributed by atoms with Gasteiger partial charge in [-0.15, -0.1) is 0 Å². The largest absolute Gasteiger partial charge is 0.469 e. The molecule has 0 aliphatic carbocycles. The first-order valence-electron chi connectivity index (χ1n) is 9.02. The van der Waals surface area contributed by atoms with Crippen molar-refractivity contribution < 1.29 is 33.1 Å². The fourth-order valence-corrected chi connectivity index (χ4v) is 4.06. The van der Waals surface area contributed by atoms with Gasteiger partial charge >= 0.3 is 7.82 Å². The van der Waals surface area contributed by atoms with Crippen LogP contribution in [0.3, 0.4) is 0 Å². The molecule has 0 spiro atoms. The van der Waals surface area contributed by atoms with Gasteiger partial charge in [-0.3, -0.25) is 9.09 Å². The predicted octanol–water partition coefficient (Wildman–Crippen LogP) is 0.291. The van der Waals surface area contributed by atoms with Gasteiger partial charge in [0.05, 0.1) is 6.61 Å². The number of phosphoric ester groups is 1. The maximum atomic E-state index is 11.2. The van der Waals surface area contributed by atoms with E-state index in [9.17, 15) is 9.83 Å². The van der Waals surface area contributed by atoms with E-state index in [1.807, 2.05) is 6.07 Å². The SMILES string of the molecule is CN(C)c1ncnc2c1nc(C#N)n2[C@@H]1O[C@H](COP(=O)(O)O)[C@H]2OC(C)(C)O[C@H]21. The van der Waals surface area contributed by atoms with Crippen molar-refractivity contribution in [1.82, 2.24) is 19.5 Å². The summed E-state index contributed by atoms with van der Waals surface area (Å²) in [5.74, 6) is -0.414. The van der Waals surface area contributed by atoms with Crippen molar-refractivity contribution in [3.8, 4) is 6.07 Å². The molecule has 2 aliphatic rings. The average Bonchev–Trinajstić information content (AvgIpc) is 3.26. The Labute approximate surface area is 171 Å². The van der Waals surface area contributed by atoms with Crippen LogP contribution in [0.2, 0.25) is 0 Å². The summed E-state index contributed by atoms with van der Waals surface area (Å²) in [5, 5.41) is 9.68. The van der Waals surface area contributed by atoms with Crippen LogP contribution in [-0.4, -0.2) is 74.1 Å². The Bertz CT molecular complexity index is 1060. The Morgan fingerprint density at radius 3 is 2.67 bits per heavy atom. The molecular weight excluding hydrogens is 419 g/mol. The van der Waals surface area contributed by atoms with Crippen molar-refractivity contribution >= 4 is 24.8 Å². The van der Waals surface area contributed by atoms with E-state index in [0.29, 0.717) is 17.0 Å². The topological polar surface area (TPSA) is 165 Å². The Morgan fingerprint density at radius 1 is 1.33 bits per heavy atom. The summed E-state index contributed by atoms with van der Waals surface area (Å²) < 4.78 is 35.2. The zero-order valence-corrected chi connectivity index (χ0v) is 17.6. The zero-order valence-electron chi connectivity index (χ0n) is 16.7. The lowest BCUT2D eigenvalue weighted by molar-refractivity contribution is -0.199. The molecule has 0 saturated carbocycles. The monoisotopic (exact) mass is 440 g/mol. The van der Waals surface area contributed by atoms with Crippen LogP contribution >= 0.6 is 7.82 Å². The van der Waals surface area contributed by atoms with Crippen molar-refractivity contribution in [2.24, 2.45) is 0 Å². The number of nitrogens with zero attached hydrogens (tertiary/aromatic N) is 6. The quantitative estimate of drug-likeness (QED) is 0.611. The van der Waals surface area contributed by atoms with Crippen LogP contribution in [0.4, 0.5) is 5.82 Å². The second-order valence-electron chi connectivity index (χ2n) is 7.60. The molecule has 0 unspecified atom stereocenters. The van der Waals surface area contributed by atoms with Crippen LogP contribution < -0.4 is 4.90 Å². The Hall–Kier alpha value is -2.17. The van der Waals surface area contributed by atoms with Crippen LogP contribution in [0.15, 0.2) is 6.33 Å². The molecule has 4 heterocycles. The first kappa shape index (κ1) is 21.1. The van der Waals surface area contributed by atoms with Crippen LogP contribution in [0.5, 0.6) is 0 Å². The maximum Gasteiger partial charge on any atom is 0.469 e. The van der Waals surface area contributed by atoms with Crippen molar-refractivity contribution in [3.63, 3.8) is 0 Å². The Balaban J connectivity index is 1.78. The van der Waals surface area contributed by atoms with E-state index >= 15 is 0 Å². The zero-order chi connectivity index (χ0) is 21.8. The number of phosphoric acid groups is 1. The lowest BCUT2D eigenvalue weighted by atomic mass is 10.1. The number of aromatic nitrogens is 4. The number of imidazole rings is 1. The first-order chi connectivity index (χ1) is 14.0. The molecule has 0 bridgehead atoms. The standard InChI is InChI=1S/C16H21N6O7P/c1-16(2)28-11-8(6-26-30(23,24)25)27-15(12(11)29-16)22-9(5-17)20-10-13(21(3)4)18-7-19-14(10)22/h7-8,11-12,15H,6H2,1-4H3,(H2,23,24,25)/t8-,11-,12-,15-/m1/s1. The van der Waals surface area contributed by atoms with E-state index in [1.165, 1.54) is 10.9 Å². The van der Waals surface area contributed by atoms with Gasteiger partial charge in [-0.05, 0) is 13.8 Å². The minimum absolute atomic E-state index is 0.0298. The number of rotatable bonds is 5. The molecule has 2 aromatic rings. The van der Waals surface area contributed by atoms with Gasteiger partial charge in [0.1, 0.15) is 30.7 Å². The number of nitriles is 1. The summed E-state index contributed by atoms with van der Waals surface area (Å²) >= 11 is 0. The van der Waals surface area contributed by atoms with Gasteiger partial charge in [-0.25, -0.2) is 19.5 Å². The van der Waals surface area contributed by atoms with Crippen LogP contribution in [0.1, 0.15) is 25.9 Å². The molecular formula is C16H21N6O7P. The van der Waals surface area contributed by atoms with Gasteiger partial charge in [0.25, 0.3) is 0 Å². The van der Waals surface area contributed by atoms with E-state index in [0.717, 1.165) is 0 Å².